The van der Waals surface area contributed by atoms with Crippen LogP contribution in [0, 0.1) is 5.92 Å². The Bertz CT molecular complexity index is 1380. The number of carboxylic acids is 1. The van der Waals surface area contributed by atoms with Crippen LogP contribution in [-0.2, 0) is 27.4 Å². The number of nitrogens with zero attached hydrogens (tertiary/aromatic N) is 4. The molecule has 1 fully saturated rings. The van der Waals surface area contributed by atoms with Gasteiger partial charge in [-0.1, -0.05) is 31.5 Å². The Hall–Kier alpha value is -3.67. The molecule has 1 saturated heterocycles. The zero-order chi connectivity index (χ0) is 32.1. The molecule has 0 radical (unpaired) electrons. The van der Waals surface area contributed by atoms with E-state index < -0.39 is 23.8 Å². The summed E-state index contributed by atoms with van der Waals surface area (Å²) in [5.41, 5.74) is 3.10. The number of unbranched alkanes of at least 4 members (excludes halogenated alkanes) is 1. The molecule has 0 aromatic heterocycles. The summed E-state index contributed by atoms with van der Waals surface area (Å²) >= 11 is 0. The number of carbonyl (C=O) groups is 3. The van der Waals surface area contributed by atoms with Crippen LogP contribution in [0.5, 0.6) is 11.5 Å². The van der Waals surface area contributed by atoms with E-state index in [0.29, 0.717) is 56.1 Å². The molecule has 3 aliphatic heterocycles. The van der Waals surface area contributed by atoms with Gasteiger partial charge in [-0.3, -0.25) is 19.3 Å². The highest BCUT2D eigenvalue weighted by atomic mass is 16.7. The van der Waals surface area contributed by atoms with Crippen molar-refractivity contribution in [1.29, 1.82) is 0 Å². The molecule has 244 valence electrons. The summed E-state index contributed by atoms with van der Waals surface area (Å²) in [4.78, 5) is 47.7. The second-order valence-corrected chi connectivity index (χ2v) is 12.6. The quantitative estimate of drug-likeness (QED) is 0.309. The smallest absolute Gasteiger partial charge is 0.308 e. The molecule has 3 atom stereocenters. The molecule has 2 aromatic rings. The van der Waals surface area contributed by atoms with Crippen molar-refractivity contribution in [3.8, 4) is 11.5 Å². The van der Waals surface area contributed by atoms with E-state index in [4.69, 9.17) is 9.47 Å². The highest BCUT2D eigenvalue weighted by Gasteiger charge is 2.48. The summed E-state index contributed by atoms with van der Waals surface area (Å²) in [6, 6.07) is 10.8. The topological polar surface area (TPSA) is 123 Å². The van der Waals surface area contributed by atoms with Crippen LogP contribution in [0.25, 0.3) is 0 Å². The van der Waals surface area contributed by atoms with E-state index in [1.54, 1.807) is 17.0 Å². The van der Waals surface area contributed by atoms with Crippen molar-refractivity contribution in [2.75, 3.05) is 65.1 Å². The summed E-state index contributed by atoms with van der Waals surface area (Å²) in [5, 5.41) is 20.7. The zero-order valence-electron chi connectivity index (χ0n) is 26.6. The van der Waals surface area contributed by atoms with Gasteiger partial charge in [0.05, 0.1) is 25.5 Å². The lowest BCUT2D eigenvalue weighted by molar-refractivity contribution is -0.143. The third-order valence-corrected chi connectivity index (χ3v) is 9.28. The first-order valence-electron chi connectivity index (χ1n) is 16.0. The van der Waals surface area contributed by atoms with Crippen LogP contribution < -0.4 is 14.4 Å². The minimum Gasteiger partial charge on any atom is -0.481 e. The first-order chi connectivity index (χ1) is 21.7. The van der Waals surface area contributed by atoms with Gasteiger partial charge in [0, 0.05) is 49.4 Å². The van der Waals surface area contributed by atoms with Crippen molar-refractivity contribution in [3.05, 3.63) is 53.1 Å². The third kappa shape index (κ3) is 7.26. The molecule has 11 heteroatoms. The lowest BCUT2D eigenvalue weighted by Gasteiger charge is -2.31. The molecular formula is C34H46N4O7. The molecule has 45 heavy (non-hydrogen) atoms. The molecule has 0 saturated carbocycles. The normalized spacial score (nSPS) is 20.7. The molecule has 11 nitrogen and oxygen atoms in total. The number of aliphatic hydroxyl groups excluding tert-OH is 1. The van der Waals surface area contributed by atoms with E-state index in [1.165, 1.54) is 0 Å². The minimum atomic E-state index is -0.954. The van der Waals surface area contributed by atoms with Crippen molar-refractivity contribution >= 4 is 23.5 Å². The number of amides is 2. The van der Waals surface area contributed by atoms with Crippen molar-refractivity contribution in [2.24, 2.45) is 5.92 Å². The van der Waals surface area contributed by atoms with Gasteiger partial charge >= 0.3 is 5.97 Å². The number of fused-ring (bicyclic) bond motifs is 2. The van der Waals surface area contributed by atoms with Crippen molar-refractivity contribution in [1.82, 2.24) is 14.7 Å². The van der Waals surface area contributed by atoms with Crippen LogP contribution in [0.1, 0.15) is 55.2 Å². The molecule has 2 aromatic carbocycles. The number of carboxylic acid groups (broad SMARTS) is 1. The van der Waals surface area contributed by atoms with E-state index in [1.807, 2.05) is 48.2 Å². The predicted octanol–water partition coefficient (Wildman–Crippen LogP) is 2.94. The van der Waals surface area contributed by atoms with Gasteiger partial charge in [0.15, 0.2) is 11.5 Å². The lowest BCUT2D eigenvalue weighted by atomic mass is 9.83. The largest absolute Gasteiger partial charge is 0.481 e. The number of benzene rings is 2. The van der Waals surface area contributed by atoms with Gasteiger partial charge in [-0.15, -0.1) is 0 Å². The van der Waals surface area contributed by atoms with Gasteiger partial charge in [0.25, 0.3) is 0 Å². The maximum Gasteiger partial charge on any atom is 0.308 e. The Kier molecular flexibility index (Phi) is 10.6. The van der Waals surface area contributed by atoms with Crippen LogP contribution in [0.3, 0.4) is 0 Å². The summed E-state index contributed by atoms with van der Waals surface area (Å²) in [7, 11) is 4.03. The number of rotatable bonds is 15. The fourth-order valence-corrected chi connectivity index (χ4v) is 7.01. The van der Waals surface area contributed by atoms with E-state index in [2.05, 4.69) is 11.8 Å². The van der Waals surface area contributed by atoms with E-state index in [-0.39, 0.29) is 31.8 Å². The monoisotopic (exact) mass is 622 g/mol. The van der Waals surface area contributed by atoms with Crippen molar-refractivity contribution in [3.63, 3.8) is 0 Å². The van der Waals surface area contributed by atoms with Gasteiger partial charge in [-0.05, 0) is 69.2 Å². The van der Waals surface area contributed by atoms with Crippen molar-refractivity contribution < 1.29 is 34.1 Å². The van der Waals surface area contributed by atoms with Crippen LogP contribution in [0.2, 0.25) is 0 Å². The predicted molar refractivity (Wildman–Crippen MR) is 169 cm³/mol. The molecular weight excluding hydrogens is 576 g/mol. The second kappa shape index (κ2) is 14.6. The maximum atomic E-state index is 13.9. The Morgan fingerprint density at radius 3 is 2.58 bits per heavy atom. The van der Waals surface area contributed by atoms with Gasteiger partial charge in [0.2, 0.25) is 18.6 Å². The van der Waals surface area contributed by atoms with E-state index >= 15 is 0 Å². The Balaban J connectivity index is 1.43. The number of aliphatic carboxylic acids is 1. The minimum absolute atomic E-state index is 0.00441. The van der Waals surface area contributed by atoms with Gasteiger partial charge in [0.1, 0.15) is 0 Å². The van der Waals surface area contributed by atoms with Crippen molar-refractivity contribution in [2.45, 2.75) is 57.6 Å². The average Bonchev–Trinajstić information content (AvgIpc) is 3.72. The molecule has 5 rings (SSSR count). The standard InChI is InChI=1S/C34H46N4O7/c1-4-5-13-36(14-8-12-35(2)3)31(41)20-37-19-26(24-16-25(21-39)33-29(17-24)44-22-45-33)32(34(42)43)28(37)11-15-38-27-10-7-6-9-23(27)18-30(38)40/h6-7,9-10,16-17,26,28,32,39H,4-5,8,11-15,18-22H2,1-3H3,(H,42,43)/t26-,28+,32-/m1/s1. The summed E-state index contributed by atoms with van der Waals surface area (Å²) in [6.45, 7) is 4.84. The third-order valence-electron chi connectivity index (χ3n) is 9.28. The number of hydrogen-bond acceptors (Lipinski definition) is 8. The fourth-order valence-electron chi connectivity index (χ4n) is 7.01. The SMILES string of the molecule is CCCCN(CCCN(C)C)C(=O)CN1C[C@H](c2cc(CO)c3c(c2)OCO3)[C@@H](C(=O)O)[C@@H]1CCN1C(=O)Cc2ccccc21. The van der Waals surface area contributed by atoms with Gasteiger partial charge in [-0.25, -0.2) is 0 Å². The highest BCUT2D eigenvalue weighted by Crippen LogP contribution is 2.45. The summed E-state index contributed by atoms with van der Waals surface area (Å²) in [5.74, 6) is -1.31. The summed E-state index contributed by atoms with van der Waals surface area (Å²) < 4.78 is 11.2. The molecule has 0 aliphatic carbocycles. The number of ether oxygens (including phenoxy) is 2. The molecule has 2 N–H and O–H groups in total. The fraction of sp³-hybridized carbons (Fsp3) is 0.559. The molecule has 0 spiro atoms. The van der Waals surface area contributed by atoms with E-state index in [9.17, 15) is 24.6 Å². The number of likely N-dealkylation sites (tertiary alicyclic amines) is 1. The molecule has 2 amide bonds. The number of hydrogen-bond donors (Lipinski definition) is 2. The lowest BCUT2D eigenvalue weighted by Crippen LogP contribution is -2.46. The number of aliphatic hydroxyl groups is 1. The second-order valence-electron chi connectivity index (χ2n) is 12.6. The van der Waals surface area contributed by atoms with Crippen LogP contribution in [0.4, 0.5) is 5.69 Å². The van der Waals surface area contributed by atoms with Gasteiger partial charge < -0.3 is 34.4 Å². The first-order valence-corrected chi connectivity index (χ1v) is 16.0. The first kappa shape index (κ1) is 32.7. The van der Waals surface area contributed by atoms with Crippen LogP contribution in [-0.4, -0.2) is 109 Å². The number of anilines is 1. The average molecular weight is 623 g/mol. The zero-order valence-corrected chi connectivity index (χ0v) is 26.6. The molecule has 3 aliphatic rings. The number of carbonyl (C=O) groups excluding carboxylic acids is 2. The van der Waals surface area contributed by atoms with Gasteiger partial charge in [-0.2, -0.15) is 0 Å². The van der Waals surface area contributed by atoms with E-state index in [0.717, 1.165) is 42.6 Å². The summed E-state index contributed by atoms with van der Waals surface area (Å²) in [6.07, 6.45) is 3.44. The Morgan fingerprint density at radius 2 is 1.84 bits per heavy atom. The molecule has 0 unspecified atom stereocenters. The van der Waals surface area contributed by atoms with Crippen LogP contribution in [0.15, 0.2) is 36.4 Å². The van der Waals surface area contributed by atoms with Crippen LogP contribution >= 0.6 is 0 Å². The molecule has 0 bridgehead atoms. The number of para-hydroxylation sites is 1. The molecule has 3 heterocycles. The maximum absolute atomic E-state index is 13.9. The highest BCUT2D eigenvalue weighted by molar-refractivity contribution is 6.01. The Labute approximate surface area is 265 Å². The Morgan fingerprint density at radius 1 is 1.07 bits per heavy atom.